The van der Waals surface area contributed by atoms with Crippen molar-refractivity contribution in [3.63, 3.8) is 0 Å². The Morgan fingerprint density at radius 1 is 1.25 bits per heavy atom. The predicted molar refractivity (Wildman–Crippen MR) is 60.5 cm³/mol. The molecule has 0 saturated heterocycles. The minimum absolute atomic E-state index is 0.00166. The first-order chi connectivity index (χ1) is 7.63. The van der Waals surface area contributed by atoms with Gasteiger partial charge in [0.05, 0.1) is 6.61 Å². The third-order valence-corrected chi connectivity index (χ3v) is 2.54. The molecule has 0 saturated carbocycles. The second kappa shape index (κ2) is 4.17. The summed E-state index contributed by atoms with van der Waals surface area (Å²) in [7, 11) is -1.71. The Morgan fingerprint density at radius 3 is 2.62 bits per heavy atom. The van der Waals surface area contributed by atoms with Gasteiger partial charge < -0.3 is 24.8 Å². The first-order valence-electron chi connectivity index (χ1n) is 4.92. The smallest absolute Gasteiger partial charge is 0.492 e. The monoisotopic (exact) mass is 221 g/mol. The van der Waals surface area contributed by atoms with E-state index in [4.69, 9.17) is 15.2 Å². The molecular formula is C10H12BNO4. The van der Waals surface area contributed by atoms with E-state index in [-0.39, 0.29) is 17.8 Å². The Bertz CT molecular complexity index is 509. The van der Waals surface area contributed by atoms with Crippen molar-refractivity contribution in [3.05, 3.63) is 24.4 Å². The van der Waals surface area contributed by atoms with Gasteiger partial charge in [-0.2, -0.15) is 0 Å². The molecule has 16 heavy (non-hydrogen) atoms. The van der Waals surface area contributed by atoms with Gasteiger partial charge >= 0.3 is 7.12 Å². The van der Waals surface area contributed by atoms with Crippen LogP contribution in [0.5, 0.6) is 5.75 Å². The van der Waals surface area contributed by atoms with Crippen molar-refractivity contribution in [1.82, 2.24) is 4.57 Å². The summed E-state index contributed by atoms with van der Waals surface area (Å²) in [5, 5.41) is 37.3. The van der Waals surface area contributed by atoms with Crippen molar-refractivity contribution in [3.8, 4) is 5.75 Å². The molecule has 2 rings (SSSR count). The van der Waals surface area contributed by atoms with Crippen molar-refractivity contribution in [2.24, 2.45) is 0 Å². The number of aliphatic hydroxyl groups excluding tert-OH is 1. The Balaban J connectivity index is 2.59. The second-order valence-corrected chi connectivity index (χ2v) is 3.58. The van der Waals surface area contributed by atoms with Gasteiger partial charge in [-0.05, 0) is 18.2 Å². The molecule has 2 aromatic rings. The molecule has 0 unspecified atom stereocenters. The first kappa shape index (κ1) is 11.0. The number of hydrogen-bond acceptors (Lipinski definition) is 4. The van der Waals surface area contributed by atoms with Crippen LogP contribution in [0.4, 0.5) is 0 Å². The Labute approximate surface area is 92.3 Å². The van der Waals surface area contributed by atoms with Gasteiger partial charge in [-0.25, -0.2) is 0 Å². The maximum absolute atomic E-state index is 9.54. The zero-order valence-electron chi connectivity index (χ0n) is 8.54. The van der Waals surface area contributed by atoms with Crippen LogP contribution in [0.2, 0.25) is 0 Å². The molecule has 0 aliphatic heterocycles. The van der Waals surface area contributed by atoms with Crippen molar-refractivity contribution >= 4 is 23.5 Å². The molecule has 1 heterocycles. The van der Waals surface area contributed by atoms with Crippen molar-refractivity contribution in [2.45, 2.75) is 6.54 Å². The number of rotatable bonds is 3. The van der Waals surface area contributed by atoms with Crippen LogP contribution in [0.15, 0.2) is 24.4 Å². The Hall–Kier alpha value is -1.50. The van der Waals surface area contributed by atoms with Crippen molar-refractivity contribution in [2.75, 3.05) is 6.61 Å². The summed E-state index contributed by atoms with van der Waals surface area (Å²) in [6.07, 6.45) is 1.77. The summed E-state index contributed by atoms with van der Waals surface area (Å²) >= 11 is 0. The fourth-order valence-electron chi connectivity index (χ4n) is 1.75. The number of aromatic nitrogens is 1. The lowest BCUT2D eigenvalue weighted by Crippen LogP contribution is -2.30. The van der Waals surface area contributed by atoms with E-state index in [9.17, 15) is 5.11 Å². The number of phenols is 1. The van der Waals surface area contributed by atoms with Crippen LogP contribution in [0.25, 0.3) is 10.9 Å². The molecule has 5 nitrogen and oxygen atoms in total. The van der Waals surface area contributed by atoms with Crippen molar-refractivity contribution < 1.29 is 20.3 Å². The quantitative estimate of drug-likeness (QED) is 0.502. The van der Waals surface area contributed by atoms with Gasteiger partial charge in [-0.1, -0.05) is 0 Å². The van der Waals surface area contributed by atoms with E-state index in [1.54, 1.807) is 16.8 Å². The first-order valence-corrected chi connectivity index (χ1v) is 4.92. The van der Waals surface area contributed by atoms with E-state index < -0.39 is 7.12 Å². The maximum atomic E-state index is 9.54. The molecule has 1 aromatic carbocycles. The van der Waals surface area contributed by atoms with Crippen LogP contribution in [0.3, 0.4) is 0 Å². The molecule has 6 heteroatoms. The third kappa shape index (κ3) is 1.78. The van der Waals surface area contributed by atoms with E-state index in [1.165, 1.54) is 12.1 Å². The van der Waals surface area contributed by atoms with Gasteiger partial charge in [-0.3, -0.25) is 0 Å². The minimum Gasteiger partial charge on any atom is -0.508 e. The molecule has 4 N–H and O–H groups in total. The van der Waals surface area contributed by atoms with Crippen LogP contribution >= 0.6 is 0 Å². The molecule has 84 valence electrons. The van der Waals surface area contributed by atoms with E-state index in [1.807, 2.05) is 0 Å². The summed E-state index contributed by atoms with van der Waals surface area (Å²) in [4.78, 5) is 0. The third-order valence-electron chi connectivity index (χ3n) is 2.54. The SMILES string of the molecule is OCCn1ccc2cc(O)c(B(O)O)cc21. The van der Waals surface area contributed by atoms with Gasteiger partial charge in [0, 0.05) is 29.1 Å². The van der Waals surface area contributed by atoms with Gasteiger partial charge in [0.2, 0.25) is 0 Å². The van der Waals surface area contributed by atoms with Gasteiger partial charge in [-0.15, -0.1) is 0 Å². The number of fused-ring (bicyclic) bond motifs is 1. The molecule has 0 spiro atoms. The highest BCUT2D eigenvalue weighted by Gasteiger charge is 2.17. The van der Waals surface area contributed by atoms with E-state index in [0.29, 0.717) is 6.54 Å². The van der Waals surface area contributed by atoms with Crippen molar-refractivity contribution in [1.29, 1.82) is 0 Å². The van der Waals surface area contributed by atoms with Gasteiger partial charge in [0.1, 0.15) is 5.75 Å². The zero-order chi connectivity index (χ0) is 11.7. The molecular weight excluding hydrogens is 209 g/mol. The summed E-state index contributed by atoms with van der Waals surface area (Å²) in [5.74, 6) is -0.149. The average Bonchev–Trinajstić information content (AvgIpc) is 2.60. The summed E-state index contributed by atoms with van der Waals surface area (Å²) < 4.78 is 1.78. The molecule has 0 aliphatic rings. The van der Waals surface area contributed by atoms with Crippen LogP contribution in [-0.2, 0) is 6.54 Å². The Kier molecular flexibility index (Phi) is 2.87. The molecule has 0 atom stereocenters. The minimum atomic E-state index is -1.71. The molecule has 0 amide bonds. The predicted octanol–water partition coefficient (Wildman–Crippen LogP) is -0.981. The van der Waals surface area contributed by atoms with Crippen LogP contribution in [-0.4, -0.2) is 38.6 Å². The number of aliphatic hydroxyl groups is 1. The standard InChI is InChI=1S/C10H12BNO4/c13-4-3-12-2-1-7-5-10(14)8(11(15)16)6-9(7)12/h1-2,5-6,13-16H,3-4H2. The zero-order valence-corrected chi connectivity index (χ0v) is 8.54. The largest absolute Gasteiger partial charge is 0.508 e. The number of aromatic hydroxyl groups is 1. The van der Waals surface area contributed by atoms with E-state index >= 15 is 0 Å². The fraction of sp³-hybridized carbons (Fsp3) is 0.200. The number of phenolic OH excluding ortho intramolecular Hbond substituents is 1. The fourth-order valence-corrected chi connectivity index (χ4v) is 1.75. The highest BCUT2D eigenvalue weighted by Crippen LogP contribution is 2.19. The number of nitrogens with zero attached hydrogens (tertiary/aromatic N) is 1. The number of benzene rings is 1. The van der Waals surface area contributed by atoms with Crippen LogP contribution < -0.4 is 5.46 Å². The molecule has 0 radical (unpaired) electrons. The number of hydrogen-bond donors (Lipinski definition) is 4. The highest BCUT2D eigenvalue weighted by atomic mass is 16.4. The Morgan fingerprint density at radius 2 is 2.00 bits per heavy atom. The molecule has 0 bridgehead atoms. The lowest BCUT2D eigenvalue weighted by molar-refractivity contribution is 0.278. The lowest BCUT2D eigenvalue weighted by Gasteiger charge is -2.06. The normalized spacial score (nSPS) is 10.9. The summed E-state index contributed by atoms with van der Waals surface area (Å²) in [6, 6.07) is 4.77. The summed E-state index contributed by atoms with van der Waals surface area (Å²) in [5.41, 5.74) is 0.806. The van der Waals surface area contributed by atoms with Crippen LogP contribution in [0, 0.1) is 0 Å². The lowest BCUT2D eigenvalue weighted by atomic mass is 9.79. The molecule has 0 aliphatic carbocycles. The topological polar surface area (TPSA) is 85.9 Å². The average molecular weight is 221 g/mol. The maximum Gasteiger partial charge on any atom is 0.492 e. The summed E-state index contributed by atoms with van der Waals surface area (Å²) in [6.45, 7) is 0.427. The highest BCUT2D eigenvalue weighted by molar-refractivity contribution is 6.60. The van der Waals surface area contributed by atoms with E-state index in [2.05, 4.69) is 0 Å². The van der Waals surface area contributed by atoms with Crippen LogP contribution in [0.1, 0.15) is 0 Å². The van der Waals surface area contributed by atoms with E-state index in [0.717, 1.165) is 10.9 Å². The van der Waals surface area contributed by atoms with Gasteiger partial charge in [0.25, 0.3) is 0 Å². The second-order valence-electron chi connectivity index (χ2n) is 3.58. The van der Waals surface area contributed by atoms with Gasteiger partial charge in [0.15, 0.2) is 0 Å². The molecule has 0 fully saturated rings. The molecule has 1 aromatic heterocycles.